The third kappa shape index (κ3) is 8.02. The number of nitrogens with one attached hydrogen (secondary N) is 2. The number of aryl methyl sites for hydroxylation is 1. The second-order valence-electron chi connectivity index (χ2n) is 11.2. The Morgan fingerprint density at radius 2 is 1.69 bits per heavy atom. The zero-order valence-electron chi connectivity index (χ0n) is 26.0. The summed E-state index contributed by atoms with van der Waals surface area (Å²) in [4.78, 5) is 26.0. The minimum Gasteiger partial charge on any atom is -0.345 e. The molecule has 0 radical (unpaired) electrons. The van der Waals surface area contributed by atoms with Crippen molar-refractivity contribution in [3.8, 4) is 5.69 Å². The number of carbonyl (C=O) groups excluding carboxylic acids is 2. The van der Waals surface area contributed by atoms with Crippen molar-refractivity contribution in [2.75, 3.05) is 24.2 Å². The number of sulfonamides is 1. The molecule has 0 unspecified atom stereocenters. The van der Waals surface area contributed by atoms with Crippen molar-refractivity contribution in [2.24, 2.45) is 0 Å². The van der Waals surface area contributed by atoms with E-state index in [0.717, 1.165) is 60.4 Å². The van der Waals surface area contributed by atoms with Crippen LogP contribution in [0.1, 0.15) is 52.1 Å². The molecule has 2 N–H and O–H groups in total. The number of hydrogen-bond donors (Lipinski definition) is 2. The number of piperidine rings is 1. The van der Waals surface area contributed by atoms with Crippen LogP contribution in [0.4, 0.5) is 18.9 Å². The van der Waals surface area contributed by atoms with Crippen molar-refractivity contribution in [3.63, 3.8) is 0 Å². The second kappa shape index (κ2) is 14.7. The standard InChI is InChI=1S/C32H32ClF3N6O4S2/c1-20-7-6-8-27(21(20)2)42-28(18-37-30(44)22-9-12-24(13-10-22)48(45,46)41-15-4-3-5-16-41)39-40-31(42)47-19-29(43)38-26-17-23(32(34,35)36)11-14-25(26)33/h6-14,17H,3-5,15-16,18-19H2,1-2H3,(H,37,44)(H,38,43). The van der Waals surface area contributed by atoms with E-state index in [9.17, 15) is 31.2 Å². The molecule has 2 amide bonds. The Morgan fingerprint density at radius 3 is 2.38 bits per heavy atom. The molecule has 10 nitrogen and oxygen atoms in total. The molecule has 2 heterocycles. The van der Waals surface area contributed by atoms with Gasteiger partial charge in [0, 0.05) is 18.7 Å². The molecule has 1 saturated heterocycles. The molecule has 0 atom stereocenters. The largest absolute Gasteiger partial charge is 0.416 e. The summed E-state index contributed by atoms with van der Waals surface area (Å²) >= 11 is 7.04. The number of amides is 2. The van der Waals surface area contributed by atoms with Crippen LogP contribution in [-0.2, 0) is 27.5 Å². The van der Waals surface area contributed by atoms with Crippen LogP contribution in [0.3, 0.4) is 0 Å². The minimum absolute atomic E-state index is 0.0452. The zero-order valence-corrected chi connectivity index (χ0v) is 28.4. The number of nitrogens with zero attached hydrogens (tertiary/aromatic N) is 4. The van der Waals surface area contributed by atoms with Crippen LogP contribution in [0.5, 0.6) is 0 Å². The molecule has 16 heteroatoms. The van der Waals surface area contributed by atoms with Gasteiger partial charge in [0.25, 0.3) is 5.91 Å². The smallest absolute Gasteiger partial charge is 0.345 e. The van der Waals surface area contributed by atoms with Gasteiger partial charge in [0.15, 0.2) is 11.0 Å². The van der Waals surface area contributed by atoms with E-state index in [-0.39, 0.29) is 33.5 Å². The maximum atomic E-state index is 13.2. The Balaban J connectivity index is 1.31. The highest BCUT2D eigenvalue weighted by atomic mass is 35.5. The Bertz CT molecular complexity index is 1930. The second-order valence-corrected chi connectivity index (χ2v) is 14.4. The number of anilines is 1. The van der Waals surface area contributed by atoms with E-state index in [1.54, 1.807) is 4.57 Å². The van der Waals surface area contributed by atoms with Gasteiger partial charge >= 0.3 is 6.18 Å². The number of aromatic nitrogens is 3. The van der Waals surface area contributed by atoms with E-state index in [0.29, 0.717) is 29.8 Å². The molecule has 0 spiro atoms. The van der Waals surface area contributed by atoms with Crippen LogP contribution in [0.15, 0.2) is 70.7 Å². The number of benzene rings is 3. The van der Waals surface area contributed by atoms with Crippen LogP contribution >= 0.6 is 23.4 Å². The average molecular weight is 721 g/mol. The fraction of sp³-hybridized carbons (Fsp3) is 0.312. The van der Waals surface area contributed by atoms with Gasteiger partial charge in [-0.1, -0.05) is 41.9 Å². The summed E-state index contributed by atoms with van der Waals surface area (Å²) < 4.78 is 68.7. The Labute approximate surface area is 285 Å². The fourth-order valence-electron chi connectivity index (χ4n) is 5.14. The molecule has 254 valence electrons. The first-order chi connectivity index (χ1) is 22.8. The third-order valence-corrected chi connectivity index (χ3v) is 11.1. The zero-order chi connectivity index (χ0) is 34.6. The molecule has 0 bridgehead atoms. The lowest BCUT2D eigenvalue weighted by Crippen LogP contribution is -2.35. The highest BCUT2D eigenvalue weighted by Crippen LogP contribution is 2.34. The van der Waals surface area contributed by atoms with Gasteiger partial charge in [-0.3, -0.25) is 14.2 Å². The van der Waals surface area contributed by atoms with Crippen molar-refractivity contribution in [1.82, 2.24) is 24.4 Å². The minimum atomic E-state index is -4.61. The van der Waals surface area contributed by atoms with Crippen molar-refractivity contribution in [2.45, 2.75) is 55.9 Å². The third-order valence-electron chi connectivity index (χ3n) is 7.89. The van der Waals surface area contributed by atoms with Crippen LogP contribution < -0.4 is 10.6 Å². The fourth-order valence-corrected chi connectivity index (χ4v) is 7.58. The lowest BCUT2D eigenvalue weighted by Gasteiger charge is -2.25. The summed E-state index contributed by atoms with van der Waals surface area (Å²) in [5.41, 5.74) is 1.72. The number of rotatable bonds is 10. The summed E-state index contributed by atoms with van der Waals surface area (Å²) in [6.07, 6.45) is -1.98. The highest BCUT2D eigenvalue weighted by Gasteiger charge is 2.31. The average Bonchev–Trinajstić information content (AvgIpc) is 3.47. The Hall–Kier alpha value is -3.92. The number of halogens is 4. The van der Waals surface area contributed by atoms with Crippen LogP contribution in [0.25, 0.3) is 5.69 Å². The Kier molecular flexibility index (Phi) is 10.8. The van der Waals surface area contributed by atoms with Crippen molar-refractivity contribution >= 4 is 50.9 Å². The molecule has 1 fully saturated rings. The van der Waals surface area contributed by atoms with E-state index in [1.165, 1.54) is 28.6 Å². The molecule has 1 aliphatic rings. The first kappa shape index (κ1) is 35.4. The summed E-state index contributed by atoms with van der Waals surface area (Å²) in [5.74, 6) is -0.948. The number of alkyl halides is 3. The maximum absolute atomic E-state index is 13.2. The Morgan fingerprint density at radius 1 is 0.979 bits per heavy atom. The predicted octanol–water partition coefficient (Wildman–Crippen LogP) is 6.39. The molecule has 5 rings (SSSR count). The lowest BCUT2D eigenvalue weighted by atomic mass is 10.1. The van der Waals surface area contributed by atoms with E-state index in [1.807, 2.05) is 32.0 Å². The molecule has 4 aromatic rings. The van der Waals surface area contributed by atoms with Gasteiger partial charge in [0.2, 0.25) is 15.9 Å². The molecular weight excluding hydrogens is 689 g/mol. The summed E-state index contributed by atoms with van der Waals surface area (Å²) in [5, 5.41) is 14.0. The van der Waals surface area contributed by atoms with E-state index < -0.39 is 33.6 Å². The van der Waals surface area contributed by atoms with Gasteiger partial charge < -0.3 is 10.6 Å². The van der Waals surface area contributed by atoms with Crippen LogP contribution in [-0.4, -0.2) is 58.1 Å². The van der Waals surface area contributed by atoms with Gasteiger partial charge in [-0.05, 0) is 86.3 Å². The number of hydrogen-bond acceptors (Lipinski definition) is 7. The van der Waals surface area contributed by atoms with Crippen LogP contribution in [0, 0.1) is 13.8 Å². The summed E-state index contributed by atoms with van der Waals surface area (Å²) in [6, 6.07) is 14.0. The van der Waals surface area contributed by atoms with Gasteiger partial charge in [0.05, 0.1) is 39.2 Å². The van der Waals surface area contributed by atoms with Crippen molar-refractivity contribution < 1.29 is 31.2 Å². The molecule has 0 saturated carbocycles. The van der Waals surface area contributed by atoms with E-state index in [4.69, 9.17) is 11.6 Å². The lowest BCUT2D eigenvalue weighted by molar-refractivity contribution is -0.137. The normalized spacial score (nSPS) is 14.1. The first-order valence-electron chi connectivity index (χ1n) is 14.9. The predicted molar refractivity (Wildman–Crippen MR) is 177 cm³/mol. The van der Waals surface area contributed by atoms with Crippen LogP contribution in [0.2, 0.25) is 5.02 Å². The molecule has 0 aliphatic carbocycles. The van der Waals surface area contributed by atoms with Gasteiger partial charge in [0.1, 0.15) is 0 Å². The highest BCUT2D eigenvalue weighted by molar-refractivity contribution is 7.99. The monoisotopic (exact) mass is 720 g/mol. The topological polar surface area (TPSA) is 126 Å². The van der Waals surface area contributed by atoms with E-state index >= 15 is 0 Å². The first-order valence-corrected chi connectivity index (χ1v) is 17.7. The number of carbonyl (C=O) groups is 2. The van der Waals surface area contributed by atoms with E-state index in [2.05, 4.69) is 20.8 Å². The van der Waals surface area contributed by atoms with Gasteiger partial charge in [-0.25, -0.2) is 8.42 Å². The molecule has 1 aliphatic heterocycles. The maximum Gasteiger partial charge on any atom is 0.416 e. The molecule has 1 aromatic heterocycles. The quantitative estimate of drug-likeness (QED) is 0.182. The molecule has 3 aromatic carbocycles. The molecule has 48 heavy (non-hydrogen) atoms. The summed E-state index contributed by atoms with van der Waals surface area (Å²) in [6.45, 7) is 4.73. The number of thioether (sulfide) groups is 1. The SMILES string of the molecule is Cc1cccc(-n2c(CNC(=O)c3ccc(S(=O)(=O)N4CCCCC4)cc3)nnc2SCC(=O)Nc2cc(C(F)(F)F)ccc2Cl)c1C. The van der Waals surface area contributed by atoms with Crippen molar-refractivity contribution in [1.29, 1.82) is 0 Å². The summed E-state index contributed by atoms with van der Waals surface area (Å²) in [7, 11) is -3.64. The van der Waals surface area contributed by atoms with Gasteiger partial charge in [-0.2, -0.15) is 17.5 Å². The van der Waals surface area contributed by atoms with Gasteiger partial charge in [-0.15, -0.1) is 10.2 Å². The molecular formula is C32H32ClF3N6O4S2. The van der Waals surface area contributed by atoms with Crippen molar-refractivity contribution in [3.05, 3.63) is 93.8 Å².